The third-order valence-electron chi connectivity index (χ3n) is 2.45. The van der Waals surface area contributed by atoms with Gasteiger partial charge in [-0.3, -0.25) is 9.69 Å². The van der Waals surface area contributed by atoms with Crippen molar-refractivity contribution >= 4 is 17.8 Å². The molecule has 7 heteroatoms. The highest BCUT2D eigenvalue weighted by molar-refractivity contribution is 5.95. The van der Waals surface area contributed by atoms with Gasteiger partial charge in [0.15, 0.2) is 5.78 Å². The van der Waals surface area contributed by atoms with Gasteiger partial charge in [0.2, 0.25) is 0 Å². The van der Waals surface area contributed by atoms with Crippen LogP contribution in [0.25, 0.3) is 0 Å². The number of likely N-dealkylation sites (tertiary alicyclic amines) is 1. The highest BCUT2D eigenvalue weighted by atomic mass is 16.6. The lowest BCUT2D eigenvalue weighted by Crippen LogP contribution is -2.45. The molecule has 21 heavy (non-hydrogen) atoms. The Hall–Kier alpha value is -1.63. The van der Waals surface area contributed by atoms with E-state index in [9.17, 15) is 14.4 Å². The standard InChI is InChI=1S/C14H23NO5.H2O/c1-13(2,3)19-11(17)10-7-9(16)8-15(10)12(18)20-14(4,5)6;/h10H,7-8H2,1-6H3;1H2/t10-;/m0./s1. The monoisotopic (exact) mass is 303 g/mol. The molecular formula is C14H25NO6. The summed E-state index contributed by atoms with van der Waals surface area (Å²) in [7, 11) is 0. The van der Waals surface area contributed by atoms with Crippen molar-refractivity contribution in [1.29, 1.82) is 0 Å². The van der Waals surface area contributed by atoms with Gasteiger partial charge >= 0.3 is 12.1 Å². The molecule has 0 bridgehead atoms. The van der Waals surface area contributed by atoms with Crippen LogP contribution in [0.1, 0.15) is 48.0 Å². The quantitative estimate of drug-likeness (QED) is 0.674. The number of hydrogen-bond donors (Lipinski definition) is 0. The smallest absolute Gasteiger partial charge is 0.411 e. The number of hydrogen-bond acceptors (Lipinski definition) is 5. The molecule has 0 aromatic carbocycles. The molecule has 1 fully saturated rings. The zero-order valence-electron chi connectivity index (χ0n) is 13.5. The van der Waals surface area contributed by atoms with Crippen LogP contribution < -0.4 is 0 Å². The van der Waals surface area contributed by atoms with E-state index in [1.54, 1.807) is 41.5 Å². The van der Waals surface area contributed by atoms with Gasteiger partial charge in [0.1, 0.15) is 17.2 Å². The Labute approximate surface area is 124 Å². The molecule has 0 radical (unpaired) electrons. The van der Waals surface area contributed by atoms with Crippen molar-refractivity contribution < 1.29 is 29.3 Å². The number of amides is 1. The van der Waals surface area contributed by atoms with Crippen molar-refractivity contribution in [2.45, 2.75) is 65.2 Å². The molecule has 122 valence electrons. The van der Waals surface area contributed by atoms with Gasteiger partial charge in [0.05, 0.1) is 6.54 Å². The fourth-order valence-corrected chi connectivity index (χ4v) is 1.78. The van der Waals surface area contributed by atoms with Gasteiger partial charge in [-0.1, -0.05) is 0 Å². The molecule has 1 saturated heterocycles. The summed E-state index contributed by atoms with van der Waals surface area (Å²) in [6, 6.07) is -0.892. The van der Waals surface area contributed by atoms with Crippen LogP contribution in [0.15, 0.2) is 0 Å². The highest BCUT2D eigenvalue weighted by Gasteiger charge is 2.42. The third-order valence-corrected chi connectivity index (χ3v) is 2.45. The Morgan fingerprint density at radius 2 is 1.52 bits per heavy atom. The topological polar surface area (TPSA) is 104 Å². The van der Waals surface area contributed by atoms with Crippen LogP contribution in [0.2, 0.25) is 0 Å². The number of Topliss-reactive ketones (excluding diaryl/α,β-unsaturated/α-hetero) is 1. The minimum absolute atomic E-state index is 0. The van der Waals surface area contributed by atoms with E-state index in [2.05, 4.69) is 0 Å². The first-order chi connectivity index (χ1) is 8.89. The van der Waals surface area contributed by atoms with Crippen LogP contribution in [0.3, 0.4) is 0 Å². The molecule has 0 unspecified atom stereocenters. The van der Waals surface area contributed by atoms with E-state index < -0.39 is 29.3 Å². The maximum Gasteiger partial charge on any atom is 0.411 e. The summed E-state index contributed by atoms with van der Waals surface area (Å²) in [4.78, 5) is 36.8. The van der Waals surface area contributed by atoms with Crippen LogP contribution >= 0.6 is 0 Å². The van der Waals surface area contributed by atoms with Crippen molar-refractivity contribution in [1.82, 2.24) is 4.90 Å². The number of esters is 1. The van der Waals surface area contributed by atoms with Crippen LogP contribution in [-0.4, -0.2) is 52.0 Å². The second kappa shape index (κ2) is 6.43. The van der Waals surface area contributed by atoms with Gasteiger partial charge in [-0.05, 0) is 41.5 Å². The summed E-state index contributed by atoms with van der Waals surface area (Å²) in [6.07, 6.45) is -0.687. The molecular weight excluding hydrogens is 278 g/mol. The van der Waals surface area contributed by atoms with Gasteiger partial charge in [0.25, 0.3) is 0 Å². The first kappa shape index (κ1) is 19.4. The van der Waals surface area contributed by atoms with Crippen molar-refractivity contribution in [3.8, 4) is 0 Å². The average molecular weight is 303 g/mol. The van der Waals surface area contributed by atoms with E-state index in [0.29, 0.717) is 0 Å². The van der Waals surface area contributed by atoms with Crippen LogP contribution in [0.4, 0.5) is 4.79 Å². The molecule has 0 spiro atoms. The maximum absolute atomic E-state index is 12.1. The van der Waals surface area contributed by atoms with Gasteiger partial charge in [-0.15, -0.1) is 0 Å². The number of nitrogens with zero attached hydrogens (tertiary/aromatic N) is 1. The molecule has 0 aromatic rings. The van der Waals surface area contributed by atoms with E-state index in [-0.39, 0.29) is 24.2 Å². The van der Waals surface area contributed by atoms with Gasteiger partial charge in [-0.2, -0.15) is 0 Å². The first-order valence-corrected chi connectivity index (χ1v) is 6.63. The fourth-order valence-electron chi connectivity index (χ4n) is 1.78. The van der Waals surface area contributed by atoms with Crippen molar-refractivity contribution in [3.05, 3.63) is 0 Å². The van der Waals surface area contributed by atoms with E-state index in [4.69, 9.17) is 9.47 Å². The number of carbonyl (C=O) groups excluding carboxylic acids is 3. The Morgan fingerprint density at radius 1 is 1.05 bits per heavy atom. The zero-order chi connectivity index (χ0) is 15.7. The molecule has 1 atom stereocenters. The van der Waals surface area contributed by atoms with Crippen molar-refractivity contribution in [2.24, 2.45) is 0 Å². The minimum atomic E-state index is -0.892. The summed E-state index contributed by atoms with van der Waals surface area (Å²) in [5.41, 5.74) is -1.34. The minimum Gasteiger partial charge on any atom is -0.458 e. The van der Waals surface area contributed by atoms with E-state index in [1.807, 2.05) is 0 Å². The lowest BCUT2D eigenvalue weighted by atomic mass is 10.1. The summed E-state index contributed by atoms with van der Waals surface area (Å²) in [6.45, 7) is 10.3. The van der Waals surface area contributed by atoms with Crippen LogP contribution in [0, 0.1) is 0 Å². The normalized spacial score (nSPS) is 19.0. The summed E-state index contributed by atoms with van der Waals surface area (Å²) < 4.78 is 10.4. The molecule has 1 amide bonds. The second-order valence-corrected chi connectivity index (χ2v) is 6.90. The predicted octanol–water partition coefficient (Wildman–Crippen LogP) is 1.08. The average Bonchev–Trinajstić information content (AvgIpc) is 2.55. The second-order valence-electron chi connectivity index (χ2n) is 6.90. The Kier molecular flexibility index (Phi) is 5.93. The largest absolute Gasteiger partial charge is 0.458 e. The molecule has 1 heterocycles. The number of carbonyl (C=O) groups is 3. The first-order valence-electron chi connectivity index (χ1n) is 6.63. The Morgan fingerprint density at radius 3 is 1.95 bits per heavy atom. The lowest BCUT2D eigenvalue weighted by Gasteiger charge is -2.29. The molecule has 1 aliphatic heterocycles. The number of rotatable bonds is 1. The van der Waals surface area contributed by atoms with E-state index >= 15 is 0 Å². The molecule has 0 saturated carbocycles. The fraction of sp³-hybridized carbons (Fsp3) is 0.786. The number of ether oxygens (including phenoxy) is 2. The Bertz CT molecular complexity index is 380. The van der Waals surface area contributed by atoms with Crippen LogP contribution in [0.5, 0.6) is 0 Å². The molecule has 7 nitrogen and oxygen atoms in total. The highest BCUT2D eigenvalue weighted by Crippen LogP contribution is 2.21. The zero-order valence-corrected chi connectivity index (χ0v) is 13.5. The van der Waals surface area contributed by atoms with Gasteiger partial charge in [0, 0.05) is 6.42 Å². The van der Waals surface area contributed by atoms with Gasteiger partial charge < -0.3 is 14.9 Å². The molecule has 1 aliphatic rings. The lowest BCUT2D eigenvalue weighted by molar-refractivity contribution is -0.160. The summed E-state index contributed by atoms with van der Waals surface area (Å²) >= 11 is 0. The van der Waals surface area contributed by atoms with Crippen LogP contribution in [-0.2, 0) is 19.1 Å². The summed E-state index contributed by atoms with van der Waals surface area (Å²) in [5, 5.41) is 0. The predicted molar refractivity (Wildman–Crippen MR) is 75.8 cm³/mol. The third kappa shape index (κ3) is 6.12. The molecule has 0 aromatic heterocycles. The maximum atomic E-state index is 12.1. The van der Waals surface area contributed by atoms with E-state index in [0.717, 1.165) is 4.90 Å². The Balaban J connectivity index is 0.00000400. The summed E-state index contributed by atoms with van der Waals surface area (Å²) in [5.74, 6) is -0.749. The van der Waals surface area contributed by atoms with Gasteiger partial charge in [-0.25, -0.2) is 9.59 Å². The van der Waals surface area contributed by atoms with Crippen molar-refractivity contribution in [3.63, 3.8) is 0 Å². The molecule has 2 N–H and O–H groups in total. The molecule has 1 rings (SSSR count). The van der Waals surface area contributed by atoms with Crippen molar-refractivity contribution in [2.75, 3.05) is 6.54 Å². The van der Waals surface area contributed by atoms with E-state index in [1.165, 1.54) is 0 Å². The SMILES string of the molecule is CC(C)(C)OC(=O)[C@@H]1CC(=O)CN1C(=O)OC(C)(C)C.O. The molecule has 0 aliphatic carbocycles. The number of ketones is 1.